The van der Waals surface area contributed by atoms with E-state index < -0.39 is 0 Å². The van der Waals surface area contributed by atoms with Gasteiger partial charge < -0.3 is 10.6 Å². The molecule has 142 valence electrons. The first-order chi connectivity index (χ1) is 13.5. The molecule has 1 atom stereocenters. The van der Waals surface area contributed by atoms with Crippen LogP contribution in [0.1, 0.15) is 44.9 Å². The summed E-state index contributed by atoms with van der Waals surface area (Å²) in [5.41, 5.74) is 2.24. The number of rotatable bonds is 6. The normalized spacial score (nSPS) is 11.5. The van der Waals surface area contributed by atoms with Crippen molar-refractivity contribution in [1.82, 2.24) is 15.6 Å². The smallest absolute Gasteiger partial charge is 0.270 e. The first kappa shape index (κ1) is 19.2. The molecule has 3 aromatic rings. The summed E-state index contributed by atoms with van der Waals surface area (Å²) in [6.07, 6.45) is 1.43. The quantitative estimate of drug-likeness (QED) is 0.689. The Morgan fingerprint density at radius 1 is 1.00 bits per heavy atom. The van der Waals surface area contributed by atoms with E-state index in [0.29, 0.717) is 5.56 Å². The van der Waals surface area contributed by atoms with E-state index in [4.69, 9.17) is 0 Å². The van der Waals surface area contributed by atoms with Crippen molar-refractivity contribution in [3.8, 4) is 0 Å². The highest BCUT2D eigenvalue weighted by Gasteiger charge is 2.14. The molecule has 0 radical (unpaired) electrons. The van der Waals surface area contributed by atoms with Gasteiger partial charge in [0, 0.05) is 18.3 Å². The number of carbonyl (C=O) groups is 2. The van der Waals surface area contributed by atoms with Crippen LogP contribution in [0.15, 0.2) is 72.9 Å². The SMILES string of the molecule is CC(NC(=O)c1cc(C(=O)NCc2ccc(F)cc2)ccn1)c1ccccc1. The molecule has 0 bridgehead atoms. The van der Waals surface area contributed by atoms with E-state index in [0.717, 1.165) is 11.1 Å². The third-order valence-corrected chi connectivity index (χ3v) is 4.27. The highest BCUT2D eigenvalue weighted by Crippen LogP contribution is 2.12. The van der Waals surface area contributed by atoms with Gasteiger partial charge in [0.25, 0.3) is 11.8 Å². The van der Waals surface area contributed by atoms with Gasteiger partial charge >= 0.3 is 0 Å². The molecule has 1 heterocycles. The number of aromatic nitrogens is 1. The zero-order valence-corrected chi connectivity index (χ0v) is 15.4. The van der Waals surface area contributed by atoms with Crippen molar-refractivity contribution in [2.24, 2.45) is 0 Å². The molecule has 2 N–H and O–H groups in total. The number of benzene rings is 2. The molecule has 6 heteroatoms. The van der Waals surface area contributed by atoms with Crippen molar-refractivity contribution >= 4 is 11.8 Å². The second-order valence-corrected chi connectivity index (χ2v) is 6.34. The highest BCUT2D eigenvalue weighted by molar-refractivity contribution is 5.98. The fourth-order valence-electron chi connectivity index (χ4n) is 2.68. The maximum atomic E-state index is 12.9. The first-order valence-corrected chi connectivity index (χ1v) is 8.87. The minimum absolute atomic E-state index is 0.164. The number of pyridine rings is 1. The standard InChI is InChI=1S/C22H20FN3O2/c1-15(17-5-3-2-4-6-17)26-22(28)20-13-18(11-12-24-20)21(27)25-14-16-7-9-19(23)10-8-16/h2-13,15H,14H2,1H3,(H,25,27)(H,26,28). The number of amides is 2. The van der Waals surface area contributed by atoms with Crippen LogP contribution in [-0.4, -0.2) is 16.8 Å². The summed E-state index contributed by atoms with van der Waals surface area (Å²) in [6.45, 7) is 2.14. The molecule has 1 unspecified atom stereocenters. The molecular weight excluding hydrogens is 357 g/mol. The first-order valence-electron chi connectivity index (χ1n) is 8.87. The molecule has 0 spiro atoms. The number of nitrogens with zero attached hydrogens (tertiary/aromatic N) is 1. The number of carbonyl (C=O) groups excluding carboxylic acids is 2. The lowest BCUT2D eigenvalue weighted by Gasteiger charge is -2.14. The van der Waals surface area contributed by atoms with Gasteiger partial charge in [-0.3, -0.25) is 14.6 Å². The molecule has 5 nitrogen and oxygen atoms in total. The Morgan fingerprint density at radius 2 is 1.71 bits per heavy atom. The van der Waals surface area contributed by atoms with Gasteiger partial charge in [-0.25, -0.2) is 4.39 Å². The van der Waals surface area contributed by atoms with Gasteiger partial charge in [-0.1, -0.05) is 42.5 Å². The van der Waals surface area contributed by atoms with Crippen LogP contribution in [0.3, 0.4) is 0 Å². The molecule has 0 aliphatic rings. The molecular formula is C22H20FN3O2. The molecule has 1 aromatic heterocycles. The summed E-state index contributed by atoms with van der Waals surface area (Å²) >= 11 is 0. The Balaban J connectivity index is 1.63. The Bertz CT molecular complexity index is 959. The van der Waals surface area contributed by atoms with Crippen LogP contribution in [0.4, 0.5) is 4.39 Å². The van der Waals surface area contributed by atoms with Crippen LogP contribution >= 0.6 is 0 Å². The number of nitrogens with one attached hydrogen (secondary N) is 2. The van der Waals surface area contributed by atoms with Gasteiger partial charge in [-0.05, 0) is 42.3 Å². The average molecular weight is 377 g/mol. The predicted molar refractivity (Wildman–Crippen MR) is 104 cm³/mol. The van der Waals surface area contributed by atoms with Gasteiger partial charge in [-0.2, -0.15) is 0 Å². The summed E-state index contributed by atoms with van der Waals surface area (Å²) in [6, 6.07) is 18.3. The van der Waals surface area contributed by atoms with Gasteiger partial charge in [0.1, 0.15) is 11.5 Å². The molecule has 2 aromatic carbocycles. The zero-order chi connectivity index (χ0) is 19.9. The summed E-state index contributed by atoms with van der Waals surface area (Å²) in [7, 11) is 0. The second kappa shape index (κ2) is 8.90. The number of hydrogen-bond donors (Lipinski definition) is 2. The molecule has 2 amide bonds. The number of hydrogen-bond acceptors (Lipinski definition) is 3. The van der Waals surface area contributed by atoms with Crippen molar-refractivity contribution in [2.45, 2.75) is 19.5 Å². The lowest BCUT2D eigenvalue weighted by atomic mass is 10.1. The van der Waals surface area contributed by atoms with E-state index in [1.807, 2.05) is 37.3 Å². The van der Waals surface area contributed by atoms with E-state index in [9.17, 15) is 14.0 Å². The molecule has 0 saturated carbocycles. The largest absolute Gasteiger partial charge is 0.348 e. The summed E-state index contributed by atoms with van der Waals surface area (Å²) < 4.78 is 12.9. The van der Waals surface area contributed by atoms with E-state index in [2.05, 4.69) is 15.6 Å². The lowest BCUT2D eigenvalue weighted by molar-refractivity contribution is 0.0935. The van der Waals surface area contributed by atoms with E-state index in [-0.39, 0.29) is 35.9 Å². The van der Waals surface area contributed by atoms with Gasteiger partial charge in [-0.15, -0.1) is 0 Å². The van der Waals surface area contributed by atoms with Crippen LogP contribution in [0.5, 0.6) is 0 Å². The maximum absolute atomic E-state index is 12.9. The summed E-state index contributed by atoms with van der Waals surface area (Å²) in [5.74, 6) is -1.02. The van der Waals surface area contributed by atoms with Crippen LogP contribution in [-0.2, 0) is 6.54 Å². The fraction of sp³-hybridized carbons (Fsp3) is 0.136. The van der Waals surface area contributed by atoms with E-state index in [1.165, 1.54) is 30.5 Å². The van der Waals surface area contributed by atoms with Gasteiger partial charge in [0.05, 0.1) is 6.04 Å². The van der Waals surface area contributed by atoms with Crippen molar-refractivity contribution in [1.29, 1.82) is 0 Å². The topological polar surface area (TPSA) is 71.1 Å². The maximum Gasteiger partial charge on any atom is 0.270 e. The molecule has 0 saturated heterocycles. The van der Waals surface area contributed by atoms with E-state index in [1.54, 1.807) is 12.1 Å². The van der Waals surface area contributed by atoms with Gasteiger partial charge in [0.15, 0.2) is 0 Å². The molecule has 3 rings (SSSR count). The van der Waals surface area contributed by atoms with Crippen LogP contribution in [0.2, 0.25) is 0 Å². The summed E-state index contributed by atoms with van der Waals surface area (Å²) in [5, 5.41) is 5.62. The van der Waals surface area contributed by atoms with Crippen molar-refractivity contribution in [3.63, 3.8) is 0 Å². The predicted octanol–water partition coefficient (Wildman–Crippen LogP) is 3.64. The lowest BCUT2D eigenvalue weighted by Crippen LogP contribution is -2.28. The van der Waals surface area contributed by atoms with Crippen LogP contribution in [0, 0.1) is 5.82 Å². The third kappa shape index (κ3) is 5.01. The Morgan fingerprint density at radius 3 is 2.43 bits per heavy atom. The Kier molecular flexibility index (Phi) is 6.11. The molecule has 28 heavy (non-hydrogen) atoms. The van der Waals surface area contributed by atoms with Crippen molar-refractivity contribution in [3.05, 3.63) is 101 Å². The minimum atomic E-state index is -0.357. The van der Waals surface area contributed by atoms with Crippen LogP contribution in [0.25, 0.3) is 0 Å². The second-order valence-electron chi connectivity index (χ2n) is 6.34. The summed E-state index contributed by atoms with van der Waals surface area (Å²) in [4.78, 5) is 28.9. The molecule has 0 fully saturated rings. The molecule has 0 aliphatic heterocycles. The molecule has 0 aliphatic carbocycles. The van der Waals surface area contributed by atoms with Crippen LogP contribution < -0.4 is 10.6 Å². The third-order valence-electron chi connectivity index (χ3n) is 4.27. The monoisotopic (exact) mass is 377 g/mol. The van der Waals surface area contributed by atoms with Gasteiger partial charge in [0.2, 0.25) is 0 Å². The van der Waals surface area contributed by atoms with Crippen molar-refractivity contribution < 1.29 is 14.0 Å². The average Bonchev–Trinajstić information content (AvgIpc) is 2.73. The Labute approximate surface area is 162 Å². The fourth-order valence-corrected chi connectivity index (χ4v) is 2.68. The van der Waals surface area contributed by atoms with Crippen molar-refractivity contribution in [2.75, 3.05) is 0 Å². The Hall–Kier alpha value is -3.54. The highest BCUT2D eigenvalue weighted by atomic mass is 19.1. The minimum Gasteiger partial charge on any atom is -0.348 e. The number of halogens is 1. The van der Waals surface area contributed by atoms with E-state index >= 15 is 0 Å². The zero-order valence-electron chi connectivity index (χ0n) is 15.4.